The molecule has 2 aliphatic carbocycles. The Balaban J connectivity index is 1.53. The highest BCUT2D eigenvalue weighted by Gasteiger charge is 2.41. The molecule has 0 atom stereocenters. The molecule has 1 saturated carbocycles. The Kier molecular flexibility index (Phi) is 5.72. The van der Waals surface area contributed by atoms with Crippen molar-refractivity contribution in [1.82, 2.24) is 15.3 Å². The van der Waals surface area contributed by atoms with Crippen LogP contribution in [0.25, 0.3) is 10.2 Å². The van der Waals surface area contributed by atoms with Gasteiger partial charge in [-0.05, 0) is 44.1 Å². The minimum Gasteiger partial charge on any atom is -0.456 e. The number of aromatic nitrogens is 2. The molecule has 3 N–H and O–H groups in total. The first kappa shape index (κ1) is 20.1. The fourth-order valence-electron chi connectivity index (χ4n) is 4.61. The lowest BCUT2D eigenvalue weighted by Crippen LogP contribution is -2.55. The number of nitrogens with zero attached hydrogens (tertiary/aromatic N) is 2. The molecule has 2 heterocycles. The number of esters is 1. The smallest absolute Gasteiger partial charge is 0.332 e. The minimum atomic E-state index is -0.931. The first-order chi connectivity index (χ1) is 14.0. The number of nitrogen functional groups attached to an aromatic ring is 1. The van der Waals surface area contributed by atoms with E-state index in [1.165, 1.54) is 36.6 Å². The number of rotatable bonds is 4. The van der Waals surface area contributed by atoms with Crippen molar-refractivity contribution in [2.45, 2.75) is 83.3 Å². The van der Waals surface area contributed by atoms with E-state index in [0.717, 1.165) is 42.3 Å². The number of amides is 1. The number of carbonyl (C=O) groups is 2. The number of carbonyl (C=O) groups excluding carboxylic acids is 2. The monoisotopic (exact) mass is 416 g/mol. The summed E-state index contributed by atoms with van der Waals surface area (Å²) in [7, 11) is 0. The van der Waals surface area contributed by atoms with E-state index >= 15 is 0 Å². The Labute approximate surface area is 174 Å². The zero-order valence-corrected chi connectivity index (χ0v) is 17.7. The summed E-state index contributed by atoms with van der Waals surface area (Å²) >= 11 is 1.68. The van der Waals surface area contributed by atoms with E-state index in [9.17, 15) is 9.59 Å². The number of aryl methyl sites for hydroxylation is 2. The molecule has 0 saturated heterocycles. The predicted molar refractivity (Wildman–Crippen MR) is 113 cm³/mol. The SMILES string of the molecule is CC(=O)NC1(C(=O)OCc2nc(N)c3c4c(sc3n2)CCCCC4)CCCCC1. The highest BCUT2D eigenvalue weighted by atomic mass is 32.1. The Morgan fingerprint density at radius 1 is 1.10 bits per heavy atom. The van der Waals surface area contributed by atoms with Crippen LogP contribution in [-0.2, 0) is 33.8 Å². The van der Waals surface area contributed by atoms with E-state index in [1.54, 1.807) is 11.3 Å². The van der Waals surface area contributed by atoms with Gasteiger partial charge in [-0.15, -0.1) is 11.3 Å². The third-order valence-electron chi connectivity index (χ3n) is 5.98. The number of fused-ring (bicyclic) bond motifs is 3. The largest absolute Gasteiger partial charge is 0.456 e. The lowest BCUT2D eigenvalue weighted by atomic mass is 9.81. The quantitative estimate of drug-likeness (QED) is 0.584. The van der Waals surface area contributed by atoms with E-state index in [1.807, 2.05) is 0 Å². The van der Waals surface area contributed by atoms with Crippen molar-refractivity contribution in [1.29, 1.82) is 0 Å². The zero-order chi connectivity index (χ0) is 20.4. The normalized spacial score (nSPS) is 18.7. The highest BCUT2D eigenvalue weighted by molar-refractivity contribution is 7.19. The van der Waals surface area contributed by atoms with Gasteiger partial charge < -0.3 is 15.8 Å². The van der Waals surface area contributed by atoms with Gasteiger partial charge in [-0.1, -0.05) is 25.7 Å². The molecule has 0 spiro atoms. The molecule has 1 fully saturated rings. The number of anilines is 1. The van der Waals surface area contributed by atoms with E-state index < -0.39 is 11.5 Å². The van der Waals surface area contributed by atoms with E-state index in [-0.39, 0.29) is 12.5 Å². The van der Waals surface area contributed by atoms with Gasteiger partial charge in [0.2, 0.25) is 5.91 Å². The molecule has 0 radical (unpaired) electrons. The van der Waals surface area contributed by atoms with Crippen LogP contribution < -0.4 is 11.1 Å². The third kappa shape index (κ3) is 4.08. The summed E-state index contributed by atoms with van der Waals surface area (Å²) in [4.78, 5) is 35.8. The van der Waals surface area contributed by atoms with Crippen molar-refractivity contribution in [3.8, 4) is 0 Å². The summed E-state index contributed by atoms with van der Waals surface area (Å²) in [5, 5.41) is 3.81. The van der Waals surface area contributed by atoms with Crippen LogP contribution in [0.2, 0.25) is 0 Å². The average Bonchev–Trinajstić information content (AvgIpc) is 2.88. The fraction of sp³-hybridized carbons (Fsp3) is 0.619. The zero-order valence-electron chi connectivity index (χ0n) is 16.9. The third-order valence-corrected chi connectivity index (χ3v) is 7.17. The number of hydrogen-bond acceptors (Lipinski definition) is 7. The van der Waals surface area contributed by atoms with Crippen molar-refractivity contribution < 1.29 is 14.3 Å². The molecule has 2 aromatic rings. The van der Waals surface area contributed by atoms with Gasteiger partial charge in [0.05, 0.1) is 5.39 Å². The summed E-state index contributed by atoms with van der Waals surface area (Å²) in [5.74, 6) is 0.255. The molecule has 0 aromatic carbocycles. The molecular formula is C21H28N4O3S. The highest BCUT2D eigenvalue weighted by Crippen LogP contribution is 2.37. The second-order valence-electron chi connectivity index (χ2n) is 8.17. The molecule has 4 rings (SSSR count). The standard InChI is InChI=1S/C21H28N4O3S/c1-13(26)25-21(10-6-3-7-11-21)20(27)28-12-16-23-18(22)17-14-8-4-2-5-9-15(14)29-19(17)24-16/h2-12H2,1H3,(H,25,26)(H2,22,23,24). The Bertz CT molecular complexity index is 934. The molecule has 29 heavy (non-hydrogen) atoms. The summed E-state index contributed by atoms with van der Waals surface area (Å²) in [6, 6.07) is 0. The van der Waals surface area contributed by atoms with Gasteiger partial charge in [0.25, 0.3) is 0 Å². The van der Waals surface area contributed by atoms with Crippen LogP contribution in [-0.4, -0.2) is 27.4 Å². The van der Waals surface area contributed by atoms with Crippen molar-refractivity contribution in [3.63, 3.8) is 0 Å². The molecule has 0 aliphatic heterocycles. The van der Waals surface area contributed by atoms with Gasteiger partial charge in [-0.2, -0.15) is 0 Å². The second-order valence-corrected chi connectivity index (χ2v) is 9.25. The minimum absolute atomic E-state index is 0.0388. The Morgan fingerprint density at radius 2 is 1.83 bits per heavy atom. The van der Waals surface area contributed by atoms with Gasteiger partial charge in [-0.25, -0.2) is 14.8 Å². The van der Waals surface area contributed by atoms with Crippen LogP contribution in [0.3, 0.4) is 0 Å². The summed E-state index contributed by atoms with van der Waals surface area (Å²) < 4.78 is 5.57. The van der Waals surface area contributed by atoms with Crippen LogP contribution in [0.5, 0.6) is 0 Å². The van der Waals surface area contributed by atoms with E-state index in [2.05, 4.69) is 15.3 Å². The fourth-order valence-corrected chi connectivity index (χ4v) is 5.90. The molecular weight excluding hydrogens is 388 g/mol. The van der Waals surface area contributed by atoms with Gasteiger partial charge in [0, 0.05) is 11.8 Å². The first-order valence-corrected chi connectivity index (χ1v) is 11.3. The van der Waals surface area contributed by atoms with Gasteiger partial charge in [0.1, 0.15) is 16.2 Å². The van der Waals surface area contributed by atoms with Crippen molar-refractivity contribution in [3.05, 3.63) is 16.3 Å². The van der Waals surface area contributed by atoms with E-state index in [0.29, 0.717) is 24.5 Å². The Hall–Kier alpha value is -2.22. The van der Waals surface area contributed by atoms with Crippen molar-refractivity contribution in [2.75, 3.05) is 5.73 Å². The van der Waals surface area contributed by atoms with Crippen LogP contribution in [0.4, 0.5) is 5.82 Å². The number of hydrogen-bond donors (Lipinski definition) is 2. The number of ether oxygens (including phenoxy) is 1. The Morgan fingerprint density at radius 3 is 2.59 bits per heavy atom. The summed E-state index contributed by atoms with van der Waals surface area (Å²) in [6.45, 7) is 1.39. The number of thiophene rings is 1. The maximum absolute atomic E-state index is 12.9. The predicted octanol–water partition coefficient (Wildman–Crippen LogP) is 3.42. The molecule has 7 nitrogen and oxygen atoms in total. The molecule has 2 aliphatic rings. The summed E-state index contributed by atoms with van der Waals surface area (Å²) in [6.07, 6.45) is 9.76. The molecule has 156 valence electrons. The maximum Gasteiger partial charge on any atom is 0.332 e. The molecule has 8 heteroatoms. The van der Waals surface area contributed by atoms with Crippen LogP contribution in [0, 0.1) is 0 Å². The lowest BCUT2D eigenvalue weighted by Gasteiger charge is -2.35. The summed E-state index contributed by atoms with van der Waals surface area (Å²) in [5.41, 5.74) is 6.65. The second kappa shape index (κ2) is 8.26. The van der Waals surface area contributed by atoms with Crippen LogP contribution in [0.15, 0.2) is 0 Å². The van der Waals surface area contributed by atoms with E-state index in [4.69, 9.17) is 10.5 Å². The maximum atomic E-state index is 12.9. The first-order valence-electron chi connectivity index (χ1n) is 10.5. The number of nitrogens with one attached hydrogen (secondary N) is 1. The van der Waals surface area contributed by atoms with Crippen molar-refractivity contribution >= 4 is 39.2 Å². The molecule has 0 bridgehead atoms. The number of nitrogens with two attached hydrogens (primary N) is 1. The average molecular weight is 417 g/mol. The van der Waals surface area contributed by atoms with Gasteiger partial charge in [-0.3, -0.25) is 4.79 Å². The molecule has 2 aromatic heterocycles. The van der Waals surface area contributed by atoms with Gasteiger partial charge in [0.15, 0.2) is 12.4 Å². The van der Waals surface area contributed by atoms with Crippen LogP contribution >= 0.6 is 11.3 Å². The lowest BCUT2D eigenvalue weighted by molar-refractivity contribution is -0.156. The van der Waals surface area contributed by atoms with Crippen molar-refractivity contribution in [2.24, 2.45) is 0 Å². The molecule has 0 unspecified atom stereocenters. The molecule has 1 amide bonds. The topological polar surface area (TPSA) is 107 Å². The van der Waals surface area contributed by atoms with Crippen LogP contribution in [0.1, 0.15) is 74.6 Å². The van der Waals surface area contributed by atoms with Gasteiger partial charge >= 0.3 is 5.97 Å².